The van der Waals surface area contributed by atoms with Crippen LogP contribution in [0.4, 0.5) is 0 Å². The van der Waals surface area contributed by atoms with E-state index in [4.69, 9.17) is 5.10 Å². The molecular formula is C25H34N2Si. The molecule has 0 bridgehead atoms. The maximum Gasteiger partial charge on any atom is 0.0929 e. The predicted molar refractivity (Wildman–Crippen MR) is 125 cm³/mol. The van der Waals surface area contributed by atoms with Gasteiger partial charge >= 0.3 is 0 Å². The van der Waals surface area contributed by atoms with Crippen molar-refractivity contribution in [3.8, 4) is 22.4 Å². The van der Waals surface area contributed by atoms with E-state index in [-0.39, 0.29) is 0 Å². The number of hydrogen-bond acceptors (Lipinski definition) is 1. The second kappa shape index (κ2) is 7.71. The quantitative estimate of drug-likeness (QED) is 0.452. The molecule has 0 N–H and O–H groups in total. The van der Waals surface area contributed by atoms with Gasteiger partial charge in [-0.05, 0) is 40.2 Å². The summed E-state index contributed by atoms with van der Waals surface area (Å²) in [6, 6.07) is 16.0. The topological polar surface area (TPSA) is 17.8 Å². The fourth-order valence-corrected chi connectivity index (χ4v) is 5.02. The molecule has 148 valence electrons. The minimum absolute atomic E-state index is 0.473. The maximum absolute atomic E-state index is 4.74. The highest BCUT2D eigenvalue weighted by Crippen LogP contribution is 2.40. The molecule has 0 saturated carbocycles. The first-order chi connectivity index (χ1) is 13.1. The maximum atomic E-state index is 4.74. The molecule has 2 aromatic carbocycles. The summed E-state index contributed by atoms with van der Waals surface area (Å²) in [6.07, 6.45) is 2.03. The average molecular weight is 391 g/mol. The van der Waals surface area contributed by atoms with Crippen molar-refractivity contribution in [1.29, 1.82) is 0 Å². The van der Waals surface area contributed by atoms with Crippen LogP contribution in [-0.4, -0.2) is 17.9 Å². The molecule has 28 heavy (non-hydrogen) atoms. The molecule has 0 radical (unpaired) electrons. The van der Waals surface area contributed by atoms with Gasteiger partial charge in [0, 0.05) is 18.8 Å². The van der Waals surface area contributed by atoms with Crippen LogP contribution in [0.15, 0.2) is 48.7 Å². The Bertz CT molecular complexity index is 948. The Balaban J connectivity index is 2.40. The van der Waals surface area contributed by atoms with Crippen LogP contribution in [0, 0.1) is 0 Å². The molecule has 3 aromatic rings. The molecule has 2 nitrogen and oxygen atoms in total. The monoisotopic (exact) mass is 390 g/mol. The number of hydrogen-bond donors (Lipinski definition) is 0. The molecule has 0 unspecified atom stereocenters. The first-order valence-corrected chi connectivity index (χ1v) is 13.9. The number of aromatic nitrogens is 2. The summed E-state index contributed by atoms with van der Waals surface area (Å²) in [5.74, 6) is 0.946. The van der Waals surface area contributed by atoms with Gasteiger partial charge in [0.15, 0.2) is 0 Å². The minimum atomic E-state index is -1.43. The number of aryl methyl sites for hydroxylation is 1. The SMILES string of the molecule is CC(C)c1cccc(C(C)C)c1-c1cc([Si](C)(C)C)ccc1-c1ccn(C)n1. The normalized spacial score (nSPS) is 12.2. The van der Waals surface area contributed by atoms with Gasteiger partial charge in [-0.15, -0.1) is 0 Å². The third-order valence-corrected chi connectivity index (χ3v) is 7.56. The van der Waals surface area contributed by atoms with Crippen LogP contribution in [0.5, 0.6) is 0 Å². The van der Waals surface area contributed by atoms with Crippen LogP contribution >= 0.6 is 0 Å². The lowest BCUT2D eigenvalue weighted by Gasteiger charge is -2.24. The lowest BCUT2D eigenvalue weighted by Crippen LogP contribution is -2.37. The number of nitrogens with zero attached hydrogens (tertiary/aromatic N) is 2. The van der Waals surface area contributed by atoms with Crippen LogP contribution in [0.1, 0.15) is 50.7 Å². The van der Waals surface area contributed by atoms with Crippen molar-refractivity contribution in [2.45, 2.75) is 59.2 Å². The largest absolute Gasteiger partial charge is 0.275 e. The van der Waals surface area contributed by atoms with Crippen molar-refractivity contribution in [2.75, 3.05) is 0 Å². The first-order valence-electron chi connectivity index (χ1n) is 10.4. The molecular weight excluding hydrogens is 356 g/mol. The van der Waals surface area contributed by atoms with Gasteiger partial charge in [0.05, 0.1) is 13.8 Å². The van der Waals surface area contributed by atoms with Crippen molar-refractivity contribution in [2.24, 2.45) is 7.05 Å². The van der Waals surface area contributed by atoms with E-state index in [0.29, 0.717) is 11.8 Å². The van der Waals surface area contributed by atoms with Crippen LogP contribution in [-0.2, 0) is 7.05 Å². The molecule has 1 heterocycles. The van der Waals surface area contributed by atoms with E-state index in [2.05, 4.69) is 89.8 Å². The van der Waals surface area contributed by atoms with Crippen molar-refractivity contribution in [1.82, 2.24) is 9.78 Å². The Morgan fingerprint density at radius 1 is 0.821 bits per heavy atom. The summed E-state index contributed by atoms with van der Waals surface area (Å²) < 4.78 is 1.89. The second-order valence-electron chi connectivity index (χ2n) is 9.51. The van der Waals surface area contributed by atoms with Crippen molar-refractivity contribution in [3.05, 3.63) is 59.8 Å². The van der Waals surface area contributed by atoms with Gasteiger partial charge in [0.2, 0.25) is 0 Å². The zero-order valence-electron chi connectivity index (χ0n) is 18.7. The van der Waals surface area contributed by atoms with Gasteiger partial charge in [-0.3, -0.25) is 4.68 Å². The third-order valence-electron chi connectivity index (χ3n) is 5.52. The summed E-state index contributed by atoms with van der Waals surface area (Å²) >= 11 is 0. The Hall–Kier alpha value is -2.13. The molecule has 0 aliphatic carbocycles. The average Bonchev–Trinajstić information content (AvgIpc) is 3.05. The zero-order chi connectivity index (χ0) is 20.6. The summed E-state index contributed by atoms with van der Waals surface area (Å²) in [6.45, 7) is 16.5. The molecule has 0 atom stereocenters. The lowest BCUT2D eigenvalue weighted by molar-refractivity contribution is 0.771. The highest BCUT2D eigenvalue weighted by atomic mass is 28.3. The van der Waals surface area contributed by atoms with Gasteiger partial charge in [-0.25, -0.2) is 0 Å². The molecule has 0 saturated heterocycles. The zero-order valence-corrected chi connectivity index (χ0v) is 19.7. The summed E-state index contributed by atoms with van der Waals surface area (Å²) in [7, 11) is 0.556. The van der Waals surface area contributed by atoms with Crippen LogP contribution in [0.2, 0.25) is 19.6 Å². The lowest BCUT2D eigenvalue weighted by atomic mass is 9.83. The molecule has 0 fully saturated rings. The smallest absolute Gasteiger partial charge is 0.0929 e. The third kappa shape index (κ3) is 4.00. The van der Waals surface area contributed by atoms with E-state index in [1.165, 1.54) is 33.0 Å². The van der Waals surface area contributed by atoms with E-state index >= 15 is 0 Å². The van der Waals surface area contributed by atoms with Gasteiger partial charge in [-0.2, -0.15) is 5.10 Å². The highest BCUT2D eigenvalue weighted by Gasteiger charge is 2.23. The summed E-state index contributed by atoms with van der Waals surface area (Å²) in [4.78, 5) is 0. The van der Waals surface area contributed by atoms with E-state index in [1.54, 1.807) is 0 Å². The Morgan fingerprint density at radius 3 is 1.89 bits per heavy atom. The Morgan fingerprint density at radius 2 is 1.43 bits per heavy atom. The minimum Gasteiger partial charge on any atom is -0.275 e. The summed E-state index contributed by atoms with van der Waals surface area (Å²) in [5, 5.41) is 6.23. The highest BCUT2D eigenvalue weighted by molar-refractivity contribution is 6.88. The van der Waals surface area contributed by atoms with Crippen molar-refractivity contribution >= 4 is 13.3 Å². The Labute approximate surface area is 171 Å². The van der Waals surface area contributed by atoms with Crippen molar-refractivity contribution in [3.63, 3.8) is 0 Å². The van der Waals surface area contributed by atoms with E-state index < -0.39 is 8.07 Å². The molecule has 0 amide bonds. The number of rotatable bonds is 5. The fourth-order valence-electron chi connectivity index (χ4n) is 3.86. The van der Waals surface area contributed by atoms with Crippen LogP contribution in [0.25, 0.3) is 22.4 Å². The first kappa shape index (κ1) is 20.6. The summed E-state index contributed by atoms with van der Waals surface area (Å²) in [5.41, 5.74) is 7.89. The van der Waals surface area contributed by atoms with Crippen molar-refractivity contribution < 1.29 is 0 Å². The van der Waals surface area contributed by atoms with Gasteiger partial charge < -0.3 is 0 Å². The Kier molecular flexibility index (Phi) is 5.67. The van der Waals surface area contributed by atoms with Crippen LogP contribution < -0.4 is 5.19 Å². The molecule has 3 heteroatoms. The van der Waals surface area contributed by atoms with Gasteiger partial charge in [-0.1, -0.05) is 88.9 Å². The molecule has 1 aromatic heterocycles. The fraction of sp³-hybridized carbons (Fsp3) is 0.400. The van der Waals surface area contributed by atoms with E-state index in [9.17, 15) is 0 Å². The molecule has 0 aliphatic rings. The number of benzene rings is 2. The molecule has 3 rings (SSSR count). The second-order valence-corrected chi connectivity index (χ2v) is 14.6. The molecule has 0 spiro atoms. The molecule has 0 aliphatic heterocycles. The standard InChI is InChI=1S/C25H34N2Si/c1-17(2)20-10-9-11-21(18(3)4)25(20)23-16-19(28(6,7)8)12-13-22(23)24-14-15-27(5)26-24/h9-18H,1-8H3. The predicted octanol–water partition coefficient (Wildman–Crippen LogP) is 6.55. The van der Waals surface area contributed by atoms with Crippen LogP contribution in [0.3, 0.4) is 0 Å². The van der Waals surface area contributed by atoms with Gasteiger partial charge in [0.25, 0.3) is 0 Å². The van der Waals surface area contributed by atoms with E-state index in [1.807, 2.05) is 17.9 Å². The van der Waals surface area contributed by atoms with E-state index in [0.717, 1.165) is 5.69 Å². The van der Waals surface area contributed by atoms with Gasteiger partial charge in [0.1, 0.15) is 0 Å².